The van der Waals surface area contributed by atoms with Gasteiger partial charge in [0.15, 0.2) is 0 Å². The van der Waals surface area contributed by atoms with E-state index in [-0.39, 0.29) is 0 Å². The van der Waals surface area contributed by atoms with Gasteiger partial charge in [0.05, 0.1) is 7.11 Å². The van der Waals surface area contributed by atoms with Gasteiger partial charge in [0, 0.05) is 4.47 Å². The molecule has 2 nitrogen and oxygen atoms in total. The second kappa shape index (κ2) is 3.96. The van der Waals surface area contributed by atoms with Crippen LogP contribution in [0.4, 0.5) is 0 Å². The molecule has 0 spiro atoms. The van der Waals surface area contributed by atoms with Gasteiger partial charge in [-0.05, 0) is 17.6 Å². The van der Waals surface area contributed by atoms with Crippen molar-refractivity contribution in [2.45, 2.75) is 6.82 Å². The topological polar surface area (TPSA) is 29.5 Å². The molecular weight excluding hydrogens is 219 g/mol. The maximum absolute atomic E-state index is 9.33. The van der Waals surface area contributed by atoms with Crippen molar-refractivity contribution in [3.8, 4) is 5.75 Å². The van der Waals surface area contributed by atoms with Crippen LogP contribution in [0.15, 0.2) is 22.7 Å². The van der Waals surface area contributed by atoms with E-state index in [1.54, 1.807) is 13.9 Å². The highest BCUT2D eigenvalue weighted by atomic mass is 79.9. The summed E-state index contributed by atoms with van der Waals surface area (Å²) in [5.41, 5.74) is 0.806. The molecule has 0 saturated heterocycles. The molecule has 0 heterocycles. The highest BCUT2D eigenvalue weighted by molar-refractivity contribution is 9.10. The molecule has 4 heteroatoms. The first kappa shape index (κ1) is 9.61. The van der Waals surface area contributed by atoms with Gasteiger partial charge in [-0.3, -0.25) is 0 Å². The molecule has 64 valence electrons. The Labute approximate surface area is 80.8 Å². The molecule has 0 aliphatic carbocycles. The van der Waals surface area contributed by atoms with Crippen LogP contribution in [-0.4, -0.2) is 19.0 Å². The Morgan fingerprint density at radius 2 is 2.17 bits per heavy atom. The molecule has 1 aromatic carbocycles. The lowest BCUT2D eigenvalue weighted by molar-refractivity contribution is 0.416. The highest BCUT2D eigenvalue weighted by Crippen LogP contribution is 2.15. The van der Waals surface area contributed by atoms with Crippen LogP contribution in [0.1, 0.15) is 0 Å². The van der Waals surface area contributed by atoms with Crippen LogP contribution in [0.3, 0.4) is 0 Å². The second-order valence-corrected chi connectivity index (χ2v) is 3.48. The van der Waals surface area contributed by atoms with E-state index in [0.717, 1.165) is 9.94 Å². The van der Waals surface area contributed by atoms with E-state index < -0.39 is 6.92 Å². The summed E-state index contributed by atoms with van der Waals surface area (Å²) in [5.74, 6) is 0.708. The zero-order chi connectivity index (χ0) is 9.14. The average Bonchev–Trinajstić information content (AvgIpc) is 2.03. The maximum atomic E-state index is 9.33. The monoisotopic (exact) mass is 228 g/mol. The summed E-state index contributed by atoms with van der Waals surface area (Å²) < 4.78 is 6.05. The number of hydrogen-bond acceptors (Lipinski definition) is 2. The van der Waals surface area contributed by atoms with Crippen LogP contribution >= 0.6 is 15.9 Å². The fraction of sp³-hybridized carbons (Fsp3) is 0.250. The lowest BCUT2D eigenvalue weighted by Crippen LogP contribution is -2.27. The lowest BCUT2D eigenvalue weighted by Gasteiger charge is -2.08. The van der Waals surface area contributed by atoms with Gasteiger partial charge in [-0.2, -0.15) is 0 Å². The molecule has 0 bridgehead atoms. The summed E-state index contributed by atoms with van der Waals surface area (Å²) in [6.07, 6.45) is 0. The zero-order valence-corrected chi connectivity index (χ0v) is 8.63. The van der Waals surface area contributed by atoms with Crippen LogP contribution in [-0.2, 0) is 0 Å². The Kier molecular flexibility index (Phi) is 3.17. The molecule has 0 aromatic heterocycles. The van der Waals surface area contributed by atoms with Crippen molar-refractivity contribution in [3.05, 3.63) is 22.7 Å². The molecule has 1 rings (SSSR count). The highest BCUT2D eigenvalue weighted by Gasteiger charge is 2.12. The van der Waals surface area contributed by atoms with Gasteiger partial charge in [0.25, 0.3) is 0 Å². The minimum atomic E-state index is -0.493. The zero-order valence-electron chi connectivity index (χ0n) is 7.04. The predicted molar refractivity (Wildman–Crippen MR) is 54.2 cm³/mol. The van der Waals surface area contributed by atoms with Crippen molar-refractivity contribution in [1.82, 2.24) is 0 Å². The summed E-state index contributed by atoms with van der Waals surface area (Å²) in [6, 6.07) is 5.56. The molecule has 0 radical (unpaired) electrons. The first-order valence-corrected chi connectivity index (χ1v) is 4.46. The van der Waals surface area contributed by atoms with Gasteiger partial charge in [-0.1, -0.05) is 28.8 Å². The van der Waals surface area contributed by atoms with Crippen molar-refractivity contribution in [3.63, 3.8) is 0 Å². The number of ether oxygens (including phenoxy) is 1. The molecule has 0 fully saturated rings. The van der Waals surface area contributed by atoms with Gasteiger partial charge < -0.3 is 9.76 Å². The summed E-state index contributed by atoms with van der Waals surface area (Å²) in [6.45, 7) is 1.22. The first-order valence-electron chi connectivity index (χ1n) is 3.66. The quantitative estimate of drug-likeness (QED) is 0.773. The van der Waals surface area contributed by atoms with Gasteiger partial charge in [0.2, 0.25) is 0 Å². The summed E-state index contributed by atoms with van der Waals surface area (Å²) in [7, 11) is 1.59. The Hall–Kier alpha value is -0.475. The molecule has 1 aromatic rings. The van der Waals surface area contributed by atoms with E-state index in [4.69, 9.17) is 4.74 Å². The van der Waals surface area contributed by atoms with Crippen molar-refractivity contribution in [2.75, 3.05) is 7.11 Å². The Morgan fingerprint density at radius 3 is 2.67 bits per heavy atom. The van der Waals surface area contributed by atoms with Crippen LogP contribution in [0.2, 0.25) is 6.82 Å². The van der Waals surface area contributed by atoms with E-state index in [2.05, 4.69) is 15.9 Å². The second-order valence-electron chi connectivity index (χ2n) is 2.56. The average molecular weight is 229 g/mol. The minimum absolute atomic E-state index is 0.493. The standard InChI is InChI=1S/C8H10BBrO2/c1-9(11)7-4-3-6(10)5-8(7)12-2/h3-5,11H,1-2H3. The molecule has 12 heavy (non-hydrogen) atoms. The van der Waals surface area contributed by atoms with E-state index >= 15 is 0 Å². The SMILES string of the molecule is COc1cc(Br)ccc1B(C)O. The van der Waals surface area contributed by atoms with Crippen LogP contribution in [0.5, 0.6) is 5.75 Å². The normalized spacial score (nSPS) is 9.67. The minimum Gasteiger partial charge on any atom is -0.497 e. The van der Waals surface area contributed by atoms with Crippen molar-refractivity contribution < 1.29 is 9.76 Å². The third-order valence-electron chi connectivity index (χ3n) is 1.65. The third-order valence-corrected chi connectivity index (χ3v) is 2.14. The largest absolute Gasteiger partial charge is 0.497 e. The van der Waals surface area contributed by atoms with Gasteiger partial charge in [-0.15, -0.1) is 0 Å². The van der Waals surface area contributed by atoms with E-state index in [9.17, 15) is 5.02 Å². The first-order chi connectivity index (χ1) is 5.65. The Bertz CT molecular complexity index is 276. The molecule has 1 N–H and O–H groups in total. The molecular formula is C8H10BBrO2. The summed E-state index contributed by atoms with van der Waals surface area (Å²) >= 11 is 3.32. The van der Waals surface area contributed by atoms with Gasteiger partial charge in [-0.25, -0.2) is 0 Å². The van der Waals surface area contributed by atoms with Crippen molar-refractivity contribution in [1.29, 1.82) is 0 Å². The van der Waals surface area contributed by atoms with Crippen molar-refractivity contribution >= 4 is 28.3 Å². The third kappa shape index (κ3) is 2.02. The molecule has 0 aliphatic heterocycles. The number of hydrogen-bond donors (Lipinski definition) is 1. The fourth-order valence-electron chi connectivity index (χ4n) is 1.03. The molecule has 0 aliphatic rings. The van der Waals surface area contributed by atoms with E-state index in [1.807, 2.05) is 18.2 Å². The summed E-state index contributed by atoms with van der Waals surface area (Å²) in [4.78, 5) is 0. The number of rotatable bonds is 2. The number of halogens is 1. The summed E-state index contributed by atoms with van der Waals surface area (Å²) in [5, 5.41) is 9.33. The van der Waals surface area contributed by atoms with Gasteiger partial charge >= 0.3 is 6.92 Å². The van der Waals surface area contributed by atoms with E-state index in [0.29, 0.717) is 5.75 Å². The molecule has 0 saturated carbocycles. The van der Waals surface area contributed by atoms with Crippen LogP contribution < -0.4 is 10.2 Å². The molecule has 0 amide bonds. The van der Waals surface area contributed by atoms with Crippen LogP contribution in [0, 0.1) is 0 Å². The van der Waals surface area contributed by atoms with Crippen LogP contribution in [0.25, 0.3) is 0 Å². The molecule has 0 unspecified atom stereocenters. The van der Waals surface area contributed by atoms with E-state index in [1.165, 1.54) is 0 Å². The number of methoxy groups -OCH3 is 1. The smallest absolute Gasteiger partial charge is 0.324 e. The number of benzene rings is 1. The molecule has 0 atom stereocenters. The fourth-order valence-corrected chi connectivity index (χ4v) is 1.37. The Balaban J connectivity index is 3.11. The van der Waals surface area contributed by atoms with Crippen molar-refractivity contribution in [2.24, 2.45) is 0 Å². The maximum Gasteiger partial charge on any atom is 0.324 e. The lowest BCUT2D eigenvalue weighted by atomic mass is 9.64. The van der Waals surface area contributed by atoms with Gasteiger partial charge in [0.1, 0.15) is 5.75 Å². The Morgan fingerprint density at radius 1 is 1.50 bits per heavy atom. The predicted octanol–water partition coefficient (Wildman–Crippen LogP) is 1.28.